The molecule has 0 radical (unpaired) electrons. The summed E-state index contributed by atoms with van der Waals surface area (Å²) in [4.78, 5) is 8.40. The first kappa shape index (κ1) is 12.8. The second-order valence-electron chi connectivity index (χ2n) is 4.17. The molecule has 0 spiro atoms. The molecule has 0 aliphatic carbocycles. The Kier molecular flexibility index (Phi) is 3.82. The number of hydrogen-bond donors (Lipinski definition) is 0. The van der Waals surface area contributed by atoms with Crippen LogP contribution in [0.1, 0.15) is 23.9 Å². The summed E-state index contributed by atoms with van der Waals surface area (Å²) >= 11 is 5.93. The molecule has 0 aliphatic rings. The fourth-order valence-corrected chi connectivity index (χ4v) is 1.87. The average molecular weight is 263 g/mol. The Hall–Kier alpha value is -1.61. The van der Waals surface area contributed by atoms with Crippen LogP contribution < -0.4 is 4.74 Å². The van der Waals surface area contributed by atoms with Gasteiger partial charge in [0.1, 0.15) is 16.7 Å². The average Bonchev–Trinajstić information content (AvgIpc) is 2.32. The van der Waals surface area contributed by atoms with Gasteiger partial charge in [-0.1, -0.05) is 36.2 Å². The van der Waals surface area contributed by atoms with Gasteiger partial charge < -0.3 is 4.74 Å². The number of nitrogens with zero attached hydrogens (tertiary/aromatic N) is 2. The van der Waals surface area contributed by atoms with Crippen LogP contribution in [0.25, 0.3) is 0 Å². The van der Waals surface area contributed by atoms with E-state index in [1.54, 1.807) is 6.07 Å². The smallest absolute Gasteiger partial charge is 0.224 e. The van der Waals surface area contributed by atoms with Crippen LogP contribution >= 0.6 is 11.6 Å². The Balaban J connectivity index is 2.30. The van der Waals surface area contributed by atoms with E-state index in [0.29, 0.717) is 16.9 Å². The third-order valence-electron chi connectivity index (χ3n) is 2.58. The predicted octanol–water partition coefficient (Wildman–Crippen LogP) is 4.10. The van der Waals surface area contributed by atoms with Crippen LogP contribution in [0, 0.1) is 13.8 Å². The van der Waals surface area contributed by atoms with E-state index in [1.165, 1.54) is 5.56 Å². The van der Waals surface area contributed by atoms with Crippen molar-refractivity contribution in [1.82, 2.24) is 9.97 Å². The summed E-state index contributed by atoms with van der Waals surface area (Å²) in [5, 5.41) is 0.404. The zero-order valence-corrected chi connectivity index (χ0v) is 11.5. The summed E-state index contributed by atoms with van der Waals surface area (Å²) in [7, 11) is 0. The van der Waals surface area contributed by atoms with Crippen molar-refractivity contribution in [3.8, 4) is 11.6 Å². The molecule has 3 nitrogen and oxygen atoms in total. The van der Waals surface area contributed by atoms with Crippen LogP contribution in [-0.2, 0) is 6.42 Å². The van der Waals surface area contributed by atoms with Gasteiger partial charge in [-0.2, -0.15) is 4.98 Å². The van der Waals surface area contributed by atoms with Gasteiger partial charge in [0.15, 0.2) is 0 Å². The lowest BCUT2D eigenvalue weighted by molar-refractivity contribution is 0.455. The summed E-state index contributed by atoms with van der Waals surface area (Å²) in [6.45, 7) is 6.03. The van der Waals surface area contributed by atoms with Crippen molar-refractivity contribution in [3.05, 3.63) is 46.4 Å². The molecule has 0 unspecified atom stereocenters. The second-order valence-corrected chi connectivity index (χ2v) is 4.56. The molecule has 0 saturated carbocycles. The zero-order valence-electron chi connectivity index (χ0n) is 10.7. The molecule has 0 atom stereocenters. The highest BCUT2D eigenvalue weighted by atomic mass is 35.5. The lowest BCUT2D eigenvalue weighted by atomic mass is 10.1. The molecular formula is C14H15ClN2O. The van der Waals surface area contributed by atoms with Gasteiger partial charge >= 0.3 is 0 Å². The van der Waals surface area contributed by atoms with E-state index < -0.39 is 0 Å². The third-order valence-corrected chi connectivity index (χ3v) is 2.77. The first-order chi connectivity index (χ1) is 8.58. The third kappa shape index (κ3) is 2.99. The largest absolute Gasteiger partial charge is 0.439 e. The summed E-state index contributed by atoms with van der Waals surface area (Å²) in [5.41, 5.74) is 2.28. The summed E-state index contributed by atoms with van der Waals surface area (Å²) in [6.07, 6.45) is 0.726. The number of hydrogen-bond acceptors (Lipinski definition) is 3. The molecule has 1 heterocycles. The van der Waals surface area contributed by atoms with Crippen molar-refractivity contribution < 1.29 is 4.74 Å². The molecule has 0 N–H and O–H groups in total. The molecule has 0 aliphatic heterocycles. The van der Waals surface area contributed by atoms with Gasteiger partial charge in [0.2, 0.25) is 5.88 Å². The molecular weight excluding hydrogens is 248 g/mol. The lowest BCUT2D eigenvalue weighted by Gasteiger charge is -2.09. The van der Waals surface area contributed by atoms with E-state index in [4.69, 9.17) is 16.3 Å². The van der Waals surface area contributed by atoms with E-state index in [-0.39, 0.29) is 0 Å². The van der Waals surface area contributed by atoms with Crippen molar-refractivity contribution in [1.29, 1.82) is 0 Å². The zero-order chi connectivity index (χ0) is 13.1. The van der Waals surface area contributed by atoms with Gasteiger partial charge in [0.25, 0.3) is 0 Å². The van der Waals surface area contributed by atoms with Gasteiger partial charge in [0, 0.05) is 12.5 Å². The second kappa shape index (κ2) is 5.36. The van der Waals surface area contributed by atoms with Crippen molar-refractivity contribution in [3.63, 3.8) is 0 Å². The predicted molar refractivity (Wildman–Crippen MR) is 72.4 cm³/mol. The standard InChI is InChI=1S/C14H15ClN2O/c1-4-13-16-12(15)8-14(17-13)18-11-6-5-9(2)7-10(11)3/h5-8H,4H2,1-3H3. The molecule has 0 fully saturated rings. The van der Waals surface area contributed by atoms with Crippen LogP contribution in [0.4, 0.5) is 0 Å². The normalized spacial score (nSPS) is 10.4. The number of aryl methyl sites for hydroxylation is 3. The van der Waals surface area contributed by atoms with E-state index in [0.717, 1.165) is 17.7 Å². The molecule has 0 amide bonds. The maximum absolute atomic E-state index is 5.93. The van der Waals surface area contributed by atoms with Crippen molar-refractivity contribution in [2.24, 2.45) is 0 Å². The highest BCUT2D eigenvalue weighted by Gasteiger charge is 2.06. The number of ether oxygens (including phenoxy) is 1. The maximum Gasteiger partial charge on any atom is 0.224 e. The van der Waals surface area contributed by atoms with E-state index in [1.807, 2.05) is 32.9 Å². The summed E-state index contributed by atoms with van der Waals surface area (Å²) < 4.78 is 5.75. The van der Waals surface area contributed by atoms with Gasteiger partial charge in [-0.3, -0.25) is 0 Å². The maximum atomic E-state index is 5.93. The van der Waals surface area contributed by atoms with E-state index >= 15 is 0 Å². The molecule has 94 valence electrons. The van der Waals surface area contributed by atoms with Gasteiger partial charge in [0.05, 0.1) is 0 Å². The van der Waals surface area contributed by atoms with Gasteiger partial charge in [-0.25, -0.2) is 4.98 Å². The van der Waals surface area contributed by atoms with Gasteiger partial charge in [-0.05, 0) is 25.5 Å². The van der Waals surface area contributed by atoms with Gasteiger partial charge in [-0.15, -0.1) is 0 Å². The Morgan fingerprint density at radius 1 is 1.17 bits per heavy atom. The number of halogens is 1. The SMILES string of the molecule is CCc1nc(Cl)cc(Oc2ccc(C)cc2C)n1. The summed E-state index contributed by atoms with van der Waals surface area (Å²) in [5.74, 6) is 1.96. The quantitative estimate of drug-likeness (QED) is 0.781. The van der Waals surface area contributed by atoms with Crippen LogP contribution in [0.3, 0.4) is 0 Å². The molecule has 0 saturated heterocycles. The van der Waals surface area contributed by atoms with Crippen LogP contribution in [0.5, 0.6) is 11.6 Å². The highest BCUT2D eigenvalue weighted by Crippen LogP contribution is 2.25. The Morgan fingerprint density at radius 2 is 1.94 bits per heavy atom. The minimum Gasteiger partial charge on any atom is -0.439 e. The number of rotatable bonds is 3. The van der Waals surface area contributed by atoms with Crippen molar-refractivity contribution in [2.45, 2.75) is 27.2 Å². The number of benzene rings is 1. The molecule has 2 rings (SSSR count). The minimum absolute atomic E-state index is 0.404. The molecule has 1 aromatic heterocycles. The fourth-order valence-electron chi connectivity index (χ4n) is 1.68. The van der Waals surface area contributed by atoms with Crippen LogP contribution in [-0.4, -0.2) is 9.97 Å². The monoisotopic (exact) mass is 262 g/mol. The Bertz CT molecular complexity index is 570. The van der Waals surface area contributed by atoms with Crippen LogP contribution in [0.2, 0.25) is 5.15 Å². The van der Waals surface area contributed by atoms with E-state index in [9.17, 15) is 0 Å². The Morgan fingerprint density at radius 3 is 2.61 bits per heavy atom. The molecule has 4 heteroatoms. The molecule has 2 aromatic rings. The lowest BCUT2D eigenvalue weighted by Crippen LogP contribution is -1.97. The number of aromatic nitrogens is 2. The first-order valence-corrected chi connectivity index (χ1v) is 6.25. The highest BCUT2D eigenvalue weighted by molar-refractivity contribution is 6.29. The van der Waals surface area contributed by atoms with Crippen molar-refractivity contribution >= 4 is 11.6 Å². The van der Waals surface area contributed by atoms with Crippen LogP contribution in [0.15, 0.2) is 24.3 Å². The first-order valence-electron chi connectivity index (χ1n) is 5.87. The van der Waals surface area contributed by atoms with E-state index in [2.05, 4.69) is 16.0 Å². The molecule has 0 bridgehead atoms. The minimum atomic E-state index is 0.404. The molecule has 1 aromatic carbocycles. The van der Waals surface area contributed by atoms with Crippen molar-refractivity contribution in [2.75, 3.05) is 0 Å². The Labute approximate surface area is 112 Å². The topological polar surface area (TPSA) is 35.0 Å². The summed E-state index contributed by atoms with van der Waals surface area (Å²) in [6, 6.07) is 7.64. The fraction of sp³-hybridized carbons (Fsp3) is 0.286. The molecule has 18 heavy (non-hydrogen) atoms.